The van der Waals surface area contributed by atoms with Gasteiger partial charge in [-0.05, 0) is 25.8 Å². The maximum atomic E-state index is 13.0. The molecule has 0 amide bonds. The number of hydrogen-bond donors (Lipinski definition) is 0. The molecule has 0 spiro atoms. The Hall–Kier alpha value is -2.43. The Labute approximate surface area is 165 Å². The summed E-state index contributed by atoms with van der Waals surface area (Å²) in [7, 11) is -2.02. The minimum Gasteiger partial charge on any atom is -0.324 e. The summed E-state index contributed by atoms with van der Waals surface area (Å²) in [4.78, 5) is 12.4. The molecule has 1 saturated carbocycles. The SMILES string of the molecule is CCn1c(C2CC2)nc(-c2nc3cc(C(F)(F)F)ncc3n2C)c1S(=O)(=O)CC. The molecule has 1 aliphatic rings. The zero-order chi connectivity index (χ0) is 21.1. The number of nitrogens with zero attached hydrogens (tertiary/aromatic N) is 5. The van der Waals surface area contributed by atoms with Crippen molar-refractivity contribution in [3.8, 4) is 11.5 Å². The molecule has 11 heteroatoms. The Balaban J connectivity index is 1.99. The first-order valence-electron chi connectivity index (χ1n) is 9.31. The monoisotopic (exact) mass is 427 g/mol. The van der Waals surface area contributed by atoms with E-state index in [0.29, 0.717) is 17.9 Å². The zero-order valence-corrected chi connectivity index (χ0v) is 17.0. The number of hydrogen-bond acceptors (Lipinski definition) is 5. The van der Waals surface area contributed by atoms with E-state index < -0.39 is 21.7 Å². The van der Waals surface area contributed by atoms with Gasteiger partial charge in [0.1, 0.15) is 17.2 Å². The van der Waals surface area contributed by atoms with Crippen LogP contribution in [0.2, 0.25) is 0 Å². The molecule has 3 heterocycles. The lowest BCUT2D eigenvalue weighted by Gasteiger charge is -2.10. The van der Waals surface area contributed by atoms with Gasteiger partial charge in [-0.2, -0.15) is 13.2 Å². The summed E-state index contributed by atoms with van der Waals surface area (Å²) < 4.78 is 68.1. The minimum absolute atomic E-state index is 0.0758. The molecule has 0 aliphatic heterocycles. The van der Waals surface area contributed by atoms with E-state index >= 15 is 0 Å². The fourth-order valence-corrected chi connectivity index (χ4v) is 4.73. The number of alkyl halides is 3. The van der Waals surface area contributed by atoms with Crippen molar-refractivity contribution in [1.29, 1.82) is 0 Å². The van der Waals surface area contributed by atoms with Crippen molar-refractivity contribution in [2.75, 3.05) is 5.75 Å². The Bertz CT molecular complexity index is 1210. The molecule has 4 rings (SSSR count). The molecule has 3 aromatic rings. The Morgan fingerprint density at radius 2 is 1.90 bits per heavy atom. The predicted molar refractivity (Wildman–Crippen MR) is 100 cm³/mol. The van der Waals surface area contributed by atoms with Crippen molar-refractivity contribution in [3.63, 3.8) is 0 Å². The van der Waals surface area contributed by atoms with Crippen LogP contribution in [0.1, 0.15) is 44.1 Å². The van der Waals surface area contributed by atoms with Crippen molar-refractivity contribution in [3.05, 3.63) is 23.8 Å². The van der Waals surface area contributed by atoms with Gasteiger partial charge in [-0.25, -0.2) is 23.4 Å². The predicted octanol–water partition coefficient (Wildman–Crippen LogP) is 3.54. The lowest BCUT2D eigenvalue weighted by atomic mass is 10.3. The molecule has 1 aliphatic carbocycles. The fourth-order valence-electron chi connectivity index (χ4n) is 3.47. The third kappa shape index (κ3) is 3.21. The van der Waals surface area contributed by atoms with Gasteiger partial charge in [-0.1, -0.05) is 6.92 Å². The number of pyridine rings is 1. The van der Waals surface area contributed by atoms with Crippen molar-refractivity contribution in [1.82, 2.24) is 24.1 Å². The van der Waals surface area contributed by atoms with Crippen LogP contribution in [-0.2, 0) is 29.6 Å². The first-order valence-corrected chi connectivity index (χ1v) is 11.0. The van der Waals surface area contributed by atoms with Gasteiger partial charge in [0, 0.05) is 19.5 Å². The highest BCUT2D eigenvalue weighted by molar-refractivity contribution is 7.91. The maximum Gasteiger partial charge on any atom is 0.433 e. The zero-order valence-electron chi connectivity index (χ0n) is 16.2. The van der Waals surface area contributed by atoms with Gasteiger partial charge < -0.3 is 9.13 Å². The first kappa shape index (κ1) is 19.9. The van der Waals surface area contributed by atoms with Crippen LogP contribution >= 0.6 is 0 Å². The maximum absolute atomic E-state index is 13.0. The van der Waals surface area contributed by atoms with Crippen LogP contribution in [0.5, 0.6) is 0 Å². The van der Waals surface area contributed by atoms with Crippen molar-refractivity contribution >= 4 is 20.9 Å². The average Bonchev–Trinajstić information content (AvgIpc) is 3.36. The lowest BCUT2D eigenvalue weighted by Crippen LogP contribution is -2.14. The Morgan fingerprint density at radius 3 is 2.45 bits per heavy atom. The first-order chi connectivity index (χ1) is 13.6. The summed E-state index contributed by atoms with van der Waals surface area (Å²) in [5, 5.41) is 0.0758. The highest BCUT2D eigenvalue weighted by Gasteiger charge is 2.36. The number of rotatable bonds is 5. The van der Waals surface area contributed by atoms with E-state index in [4.69, 9.17) is 0 Å². The highest BCUT2D eigenvalue weighted by atomic mass is 32.2. The Morgan fingerprint density at radius 1 is 1.21 bits per heavy atom. The standard InChI is InChI=1S/C18H20F3N5O2S/c1-4-26-15(10-6-7-10)24-14(17(26)29(27,28)5-2)16-23-11-8-13(18(19,20)21)22-9-12(11)25(16)3/h8-10H,4-7H2,1-3H3. The van der Waals surface area contributed by atoms with Gasteiger partial charge in [-0.3, -0.25) is 0 Å². The normalized spacial score (nSPS) is 15.4. The number of halogens is 3. The second-order valence-corrected chi connectivity index (χ2v) is 9.29. The van der Waals surface area contributed by atoms with Crippen LogP contribution in [0.3, 0.4) is 0 Å². The molecule has 0 saturated heterocycles. The second-order valence-electron chi connectivity index (χ2n) is 7.10. The minimum atomic E-state index is -4.59. The van der Waals surface area contributed by atoms with Crippen LogP contribution < -0.4 is 0 Å². The van der Waals surface area contributed by atoms with Crippen molar-refractivity contribution in [2.24, 2.45) is 7.05 Å². The molecular weight excluding hydrogens is 407 g/mol. The van der Waals surface area contributed by atoms with Gasteiger partial charge in [0.2, 0.25) is 0 Å². The van der Waals surface area contributed by atoms with E-state index in [-0.39, 0.29) is 33.7 Å². The molecule has 1 fully saturated rings. The third-order valence-electron chi connectivity index (χ3n) is 5.15. The molecule has 0 bridgehead atoms. The molecular formula is C18H20F3N5O2S. The van der Waals surface area contributed by atoms with Crippen LogP contribution in [-0.4, -0.2) is 38.3 Å². The number of aromatic nitrogens is 5. The average molecular weight is 427 g/mol. The largest absolute Gasteiger partial charge is 0.433 e. The Kier molecular flexibility index (Phi) is 4.48. The van der Waals surface area contributed by atoms with Crippen LogP contribution in [0, 0.1) is 0 Å². The van der Waals surface area contributed by atoms with Crippen LogP contribution in [0.25, 0.3) is 22.6 Å². The molecule has 0 N–H and O–H groups in total. The molecule has 0 unspecified atom stereocenters. The van der Waals surface area contributed by atoms with E-state index in [1.807, 2.05) is 6.92 Å². The van der Waals surface area contributed by atoms with Crippen molar-refractivity contribution < 1.29 is 21.6 Å². The number of sulfone groups is 1. The smallest absolute Gasteiger partial charge is 0.324 e. The van der Waals surface area contributed by atoms with Gasteiger partial charge in [0.25, 0.3) is 0 Å². The van der Waals surface area contributed by atoms with E-state index in [2.05, 4.69) is 15.0 Å². The summed E-state index contributed by atoms with van der Waals surface area (Å²) in [5.41, 5.74) is -0.410. The topological polar surface area (TPSA) is 82.7 Å². The van der Waals surface area contributed by atoms with Gasteiger partial charge in [0.05, 0.1) is 23.0 Å². The van der Waals surface area contributed by atoms with Gasteiger partial charge >= 0.3 is 6.18 Å². The van der Waals surface area contributed by atoms with E-state index in [1.165, 1.54) is 4.57 Å². The number of aryl methyl sites for hydroxylation is 1. The molecule has 0 radical (unpaired) electrons. The molecule has 0 atom stereocenters. The summed E-state index contributed by atoms with van der Waals surface area (Å²) in [5.74, 6) is 0.986. The second kappa shape index (κ2) is 6.54. The molecule has 0 aromatic carbocycles. The fraction of sp³-hybridized carbons (Fsp3) is 0.500. The number of fused-ring (bicyclic) bond motifs is 1. The van der Waals surface area contributed by atoms with Crippen molar-refractivity contribution in [2.45, 2.75) is 50.4 Å². The summed E-state index contributed by atoms with van der Waals surface area (Å²) in [6.45, 7) is 3.83. The molecule has 29 heavy (non-hydrogen) atoms. The van der Waals surface area contributed by atoms with Gasteiger partial charge in [-0.15, -0.1) is 0 Å². The van der Waals surface area contributed by atoms with E-state index in [1.54, 1.807) is 18.5 Å². The van der Waals surface area contributed by atoms with E-state index in [0.717, 1.165) is 25.1 Å². The third-order valence-corrected chi connectivity index (χ3v) is 6.92. The quantitative estimate of drug-likeness (QED) is 0.622. The van der Waals surface area contributed by atoms with Gasteiger partial charge in [0.15, 0.2) is 20.7 Å². The van der Waals surface area contributed by atoms with Crippen LogP contribution in [0.4, 0.5) is 13.2 Å². The summed E-state index contributed by atoms with van der Waals surface area (Å²) >= 11 is 0. The van der Waals surface area contributed by atoms with Crippen LogP contribution in [0.15, 0.2) is 17.3 Å². The number of imidazole rings is 2. The molecule has 156 valence electrons. The van der Waals surface area contributed by atoms with E-state index in [9.17, 15) is 21.6 Å². The summed E-state index contributed by atoms with van der Waals surface area (Å²) in [6.07, 6.45) is -1.63. The lowest BCUT2D eigenvalue weighted by molar-refractivity contribution is -0.141. The molecule has 7 nitrogen and oxygen atoms in total. The highest BCUT2D eigenvalue weighted by Crippen LogP contribution is 2.43. The molecule has 3 aromatic heterocycles. The summed E-state index contributed by atoms with van der Waals surface area (Å²) in [6, 6.07) is 0.867.